The molecule has 5 aliphatic rings. The Morgan fingerprint density at radius 2 is 1.83 bits per heavy atom. The van der Waals surface area contributed by atoms with Gasteiger partial charge < -0.3 is 14.9 Å². The van der Waals surface area contributed by atoms with Gasteiger partial charge in [0.25, 0.3) is 0 Å². The van der Waals surface area contributed by atoms with Crippen LogP contribution in [0.5, 0.6) is 0 Å². The highest BCUT2D eigenvalue weighted by molar-refractivity contribution is 7.80. The molecule has 5 fully saturated rings. The molecule has 0 aromatic carbocycles. The summed E-state index contributed by atoms with van der Waals surface area (Å²) in [5.41, 5.74) is -2.40. The molecule has 0 aromatic rings. The van der Waals surface area contributed by atoms with Crippen molar-refractivity contribution in [2.45, 2.75) is 109 Å². The Morgan fingerprint density at radius 1 is 1.09 bits per heavy atom. The number of hydrogen-bond acceptors (Lipinski definition) is 6. The molecule has 8 heteroatoms. The first kappa shape index (κ1) is 26.1. The van der Waals surface area contributed by atoms with Crippen LogP contribution in [0.4, 0.5) is 0 Å². The van der Waals surface area contributed by atoms with E-state index in [9.17, 15) is 23.2 Å². The van der Waals surface area contributed by atoms with E-state index >= 15 is 0 Å². The molecule has 200 valence electrons. The van der Waals surface area contributed by atoms with Gasteiger partial charge in [0.15, 0.2) is 0 Å². The van der Waals surface area contributed by atoms with Crippen molar-refractivity contribution in [2.75, 3.05) is 6.61 Å². The van der Waals surface area contributed by atoms with Crippen LogP contribution in [0.1, 0.15) is 85.5 Å². The van der Waals surface area contributed by atoms with Crippen LogP contribution in [0.25, 0.3) is 0 Å². The van der Waals surface area contributed by atoms with Gasteiger partial charge in [0.05, 0.1) is 24.4 Å². The molecule has 1 aliphatic heterocycles. The highest BCUT2D eigenvalue weighted by Crippen LogP contribution is 2.74. The Labute approximate surface area is 210 Å². The summed E-state index contributed by atoms with van der Waals surface area (Å²) in [5.74, 6) is 2.20. The van der Waals surface area contributed by atoms with Crippen LogP contribution >= 0.6 is 0 Å². The van der Waals surface area contributed by atoms with Crippen molar-refractivity contribution in [3.8, 4) is 0 Å². The van der Waals surface area contributed by atoms with Crippen LogP contribution in [0, 0.1) is 40.4 Å². The number of hydrogen-bond donors (Lipinski definition) is 3. The van der Waals surface area contributed by atoms with Gasteiger partial charge in [-0.1, -0.05) is 39.8 Å². The van der Waals surface area contributed by atoms with Crippen molar-refractivity contribution in [1.82, 2.24) is 0 Å². The van der Waals surface area contributed by atoms with Crippen LogP contribution in [0.2, 0.25) is 0 Å². The summed E-state index contributed by atoms with van der Waals surface area (Å²) < 4.78 is 43.5. The standard InChI is InChI=1S/C27H44O7S/c1-17(2)6-5-7-18(3)20-8-9-21-24(20,4)12-11-22-25-13-10-19(34-35(30,31)32)14-27(25,29)23(28)15-26(21,22)33-16-25/h5,7,17-23,28-29H,6,8-16H2,1-4H3,(H,30,31,32). The summed E-state index contributed by atoms with van der Waals surface area (Å²) in [6, 6.07) is 0. The molecule has 1 saturated heterocycles. The lowest BCUT2D eigenvalue weighted by Crippen LogP contribution is -2.72. The minimum Gasteiger partial charge on any atom is -0.390 e. The van der Waals surface area contributed by atoms with Gasteiger partial charge in [0.2, 0.25) is 0 Å². The fourth-order valence-electron chi connectivity index (χ4n) is 9.74. The van der Waals surface area contributed by atoms with E-state index in [4.69, 9.17) is 8.92 Å². The lowest BCUT2D eigenvalue weighted by Gasteiger charge is -2.64. The maximum atomic E-state index is 11.9. The number of aliphatic hydroxyl groups excluding tert-OH is 1. The highest BCUT2D eigenvalue weighted by atomic mass is 32.3. The van der Waals surface area contributed by atoms with Gasteiger partial charge in [-0.15, -0.1) is 0 Å². The predicted molar refractivity (Wildman–Crippen MR) is 132 cm³/mol. The number of allylic oxidation sites excluding steroid dienone is 2. The normalized spacial score (nSPS) is 50.2. The van der Waals surface area contributed by atoms with E-state index in [2.05, 4.69) is 39.8 Å². The molecule has 10 atom stereocenters. The Kier molecular flexibility index (Phi) is 6.34. The van der Waals surface area contributed by atoms with Gasteiger partial charge >= 0.3 is 10.4 Å². The number of fused-ring (bicyclic) bond motifs is 1. The Bertz CT molecular complexity index is 965. The summed E-state index contributed by atoms with van der Waals surface area (Å²) in [7, 11) is -4.62. The topological polar surface area (TPSA) is 113 Å². The molecule has 10 unspecified atom stereocenters. The SMILES string of the molecule is CC(C)CC=CC(C)C1CCC2C1(C)CCC1C23CC(O)C2(O)CC(OS(=O)(=O)O)CCC12CO3. The third-order valence-corrected chi connectivity index (χ3v) is 11.7. The molecule has 5 rings (SSSR count). The minimum atomic E-state index is -4.62. The van der Waals surface area contributed by atoms with Crippen LogP contribution in [0.15, 0.2) is 12.2 Å². The van der Waals surface area contributed by atoms with Crippen LogP contribution in [-0.2, 0) is 19.3 Å². The molecule has 2 bridgehead atoms. The van der Waals surface area contributed by atoms with Gasteiger partial charge in [-0.2, -0.15) is 8.42 Å². The van der Waals surface area contributed by atoms with Gasteiger partial charge in [-0.25, -0.2) is 4.18 Å². The second-order valence-electron chi connectivity index (χ2n) is 13.2. The number of ether oxygens (including phenoxy) is 1. The van der Waals surface area contributed by atoms with Gasteiger partial charge in [0.1, 0.15) is 5.60 Å². The fourth-order valence-corrected chi connectivity index (χ4v) is 10.2. The van der Waals surface area contributed by atoms with E-state index in [1.54, 1.807) is 0 Å². The van der Waals surface area contributed by atoms with Crippen molar-refractivity contribution in [2.24, 2.45) is 40.4 Å². The Balaban J connectivity index is 1.42. The number of rotatable bonds is 6. The molecule has 4 saturated carbocycles. The highest BCUT2D eigenvalue weighted by Gasteiger charge is 2.78. The molecule has 1 heterocycles. The average molecular weight is 513 g/mol. The third-order valence-electron chi connectivity index (χ3n) is 11.1. The smallest absolute Gasteiger partial charge is 0.390 e. The lowest BCUT2D eigenvalue weighted by atomic mass is 9.42. The zero-order chi connectivity index (χ0) is 25.4. The first-order valence-corrected chi connectivity index (χ1v) is 15.0. The summed E-state index contributed by atoms with van der Waals surface area (Å²) in [5, 5.41) is 23.4. The molecule has 35 heavy (non-hydrogen) atoms. The monoisotopic (exact) mass is 512 g/mol. The summed E-state index contributed by atoms with van der Waals surface area (Å²) in [6.45, 7) is 9.66. The van der Waals surface area contributed by atoms with Crippen LogP contribution in [0.3, 0.4) is 0 Å². The molecule has 1 spiro atoms. The van der Waals surface area contributed by atoms with Gasteiger partial charge in [-0.05, 0) is 80.0 Å². The lowest BCUT2D eigenvalue weighted by molar-refractivity contribution is -0.258. The summed E-state index contributed by atoms with van der Waals surface area (Å²) >= 11 is 0. The molecule has 4 aliphatic carbocycles. The molecule has 7 nitrogen and oxygen atoms in total. The van der Waals surface area contributed by atoms with E-state index in [1.807, 2.05) is 0 Å². The zero-order valence-corrected chi connectivity index (χ0v) is 22.5. The predicted octanol–water partition coefficient (Wildman–Crippen LogP) is 4.29. The van der Waals surface area contributed by atoms with Crippen molar-refractivity contribution in [3.05, 3.63) is 12.2 Å². The quantitative estimate of drug-likeness (QED) is 0.359. The molecule has 0 amide bonds. The minimum absolute atomic E-state index is 0.00780. The van der Waals surface area contributed by atoms with Gasteiger partial charge in [0, 0.05) is 18.3 Å². The molecule has 3 N–H and O–H groups in total. The van der Waals surface area contributed by atoms with E-state index in [-0.39, 0.29) is 17.8 Å². The molecular weight excluding hydrogens is 468 g/mol. The van der Waals surface area contributed by atoms with E-state index < -0.39 is 39.2 Å². The molecule has 0 radical (unpaired) electrons. The second kappa shape index (κ2) is 8.50. The Hall–Kier alpha value is -0.510. The van der Waals surface area contributed by atoms with Crippen LogP contribution < -0.4 is 0 Å². The third kappa shape index (κ3) is 3.80. The first-order chi connectivity index (χ1) is 16.3. The van der Waals surface area contributed by atoms with E-state index in [0.717, 1.165) is 32.1 Å². The maximum Gasteiger partial charge on any atom is 0.397 e. The zero-order valence-electron chi connectivity index (χ0n) is 21.7. The summed E-state index contributed by atoms with van der Waals surface area (Å²) in [4.78, 5) is 0. The first-order valence-electron chi connectivity index (χ1n) is 13.6. The van der Waals surface area contributed by atoms with Crippen molar-refractivity contribution in [3.63, 3.8) is 0 Å². The largest absolute Gasteiger partial charge is 0.397 e. The fraction of sp³-hybridized carbons (Fsp3) is 0.926. The number of aliphatic hydroxyl groups is 2. The Morgan fingerprint density at radius 3 is 2.51 bits per heavy atom. The van der Waals surface area contributed by atoms with E-state index in [1.165, 1.54) is 0 Å². The van der Waals surface area contributed by atoms with Crippen molar-refractivity contribution >= 4 is 10.4 Å². The van der Waals surface area contributed by atoms with Crippen molar-refractivity contribution in [1.29, 1.82) is 0 Å². The van der Waals surface area contributed by atoms with E-state index in [0.29, 0.717) is 49.5 Å². The van der Waals surface area contributed by atoms with Crippen molar-refractivity contribution < 1.29 is 32.1 Å². The molecule has 0 aromatic heterocycles. The average Bonchev–Trinajstić information content (AvgIpc) is 3.23. The molecular formula is C27H44O7S. The second-order valence-corrected chi connectivity index (χ2v) is 14.2. The van der Waals surface area contributed by atoms with Crippen LogP contribution in [-0.4, -0.2) is 53.2 Å². The maximum absolute atomic E-state index is 11.9. The summed E-state index contributed by atoms with van der Waals surface area (Å²) in [6.07, 6.45) is 9.56. The van der Waals surface area contributed by atoms with Gasteiger partial charge in [-0.3, -0.25) is 4.55 Å².